The van der Waals surface area contributed by atoms with Crippen LogP contribution in [0, 0.1) is 6.80 Å². The molecule has 2 nitrogen and oxygen atoms in total. The van der Waals surface area contributed by atoms with E-state index in [0.717, 1.165) is 4.68 Å². The summed E-state index contributed by atoms with van der Waals surface area (Å²) in [6, 6.07) is 1.65. The maximum Gasteiger partial charge on any atom is 0.242 e. The Morgan fingerprint density at radius 2 is 2.57 bits per heavy atom. The molecule has 1 radical (unpaired) electrons. The van der Waals surface area contributed by atoms with Gasteiger partial charge in [0, 0.05) is 12.4 Å². The highest BCUT2D eigenvalue weighted by molar-refractivity contribution is 4.79. The molecule has 0 saturated heterocycles. The van der Waals surface area contributed by atoms with Crippen LogP contribution in [0.15, 0.2) is 18.5 Å². The largest absolute Gasteiger partial charge is 0.242 e. The second-order valence-corrected chi connectivity index (χ2v) is 1.08. The van der Waals surface area contributed by atoms with Crippen LogP contribution >= 0.6 is 0 Å². The Hall–Kier alpha value is -0.860. The predicted octanol–water partition coefficient (Wildman–Crippen LogP) is 0.820. The van der Waals surface area contributed by atoms with Gasteiger partial charge in [-0.1, -0.05) is 0 Å². The monoisotopic (exact) mass is 99.0 g/mol. The van der Waals surface area contributed by atoms with Gasteiger partial charge in [-0.3, -0.25) is 0 Å². The molecule has 0 atom stereocenters. The van der Waals surface area contributed by atoms with Crippen LogP contribution < -0.4 is 0 Å². The van der Waals surface area contributed by atoms with Crippen LogP contribution in [0.5, 0.6) is 0 Å². The Kier molecular flexibility index (Phi) is 1.06. The third-order valence-electron chi connectivity index (χ3n) is 0.625. The predicted molar refractivity (Wildman–Crippen MR) is 23.0 cm³/mol. The van der Waals surface area contributed by atoms with Crippen molar-refractivity contribution >= 4 is 0 Å². The standard InChI is InChI=1S/C4H4FN2/c5-4-7-3-1-2-6-7/h1-4H. The van der Waals surface area contributed by atoms with Crippen molar-refractivity contribution in [3.8, 4) is 0 Å². The van der Waals surface area contributed by atoms with E-state index in [2.05, 4.69) is 5.10 Å². The highest BCUT2D eigenvalue weighted by Crippen LogP contribution is 1.84. The summed E-state index contributed by atoms with van der Waals surface area (Å²) >= 11 is 0. The lowest BCUT2D eigenvalue weighted by Gasteiger charge is -1.82. The minimum Gasteiger partial charge on any atom is -0.234 e. The van der Waals surface area contributed by atoms with E-state index in [-0.39, 0.29) is 0 Å². The van der Waals surface area contributed by atoms with Crippen LogP contribution in [-0.4, -0.2) is 9.78 Å². The molecule has 0 unspecified atom stereocenters. The quantitative estimate of drug-likeness (QED) is 0.509. The molecule has 0 N–H and O–H groups in total. The number of hydrogen-bond donors (Lipinski definition) is 0. The normalized spacial score (nSPS) is 9.29. The lowest BCUT2D eigenvalue weighted by Crippen LogP contribution is -1.87. The van der Waals surface area contributed by atoms with E-state index in [1.807, 2.05) is 0 Å². The van der Waals surface area contributed by atoms with Gasteiger partial charge < -0.3 is 0 Å². The molecule has 0 aliphatic heterocycles. The molecule has 1 aromatic rings. The van der Waals surface area contributed by atoms with E-state index < -0.39 is 0 Å². The van der Waals surface area contributed by atoms with Gasteiger partial charge >= 0.3 is 0 Å². The summed E-state index contributed by atoms with van der Waals surface area (Å²) < 4.78 is 12.4. The number of aromatic nitrogens is 2. The third kappa shape index (κ3) is 0.765. The average Bonchev–Trinajstić information content (AvgIpc) is 2.14. The highest BCUT2D eigenvalue weighted by Gasteiger charge is 1.81. The van der Waals surface area contributed by atoms with Gasteiger partial charge in [-0.05, 0) is 6.07 Å². The first-order chi connectivity index (χ1) is 3.43. The molecule has 1 heterocycles. The van der Waals surface area contributed by atoms with Gasteiger partial charge in [0.05, 0.1) is 0 Å². The fourth-order valence-electron chi connectivity index (χ4n) is 0.338. The van der Waals surface area contributed by atoms with Gasteiger partial charge in [0.1, 0.15) is 0 Å². The zero-order valence-corrected chi connectivity index (χ0v) is 3.58. The topological polar surface area (TPSA) is 17.8 Å². The van der Waals surface area contributed by atoms with Crippen molar-refractivity contribution < 1.29 is 4.39 Å². The fraction of sp³-hybridized carbons (Fsp3) is 0. The number of halogens is 1. The van der Waals surface area contributed by atoms with Crippen molar-refractivity contribution in [2.45, 2.75) is 0 Å². The van der Waals surface area contributed by atoms with Crippen molar-refractivity contribution in [1.29, 1.82) is 0 Å². The summed E-state index contributed by atoms with van der Waals surface area (Å²) in [6.45, 7) is 0.389. The van der Waals surface area contributed by atoms with Crippen molar-refractivity contribution in [1.82, 2.24) is 9.78 Å². The molecule has 3 heteroatoms. The molecule has 1 rings (SSSR count). The maximum absolute atomic E-state index is 11.3. The molecule has 0 aliphatic rings. The molecule has 0 saturated carbocycles. The Bertz CT molecular complexity index is 124. The molecular weight excluding hydrogens is 95.1 g/mol. The molecule has 37 valence electrons. The maximum atomic E-state index is 11.3. The van der Waals surface area contributed by atoms with Crippen LogP contribution in [0.1, 0.15) is 0 Å². The number of hydrogen-bond acceptors (Lipinski definition) is 1. The van der Waals surface area contributed by atoms with Gasteiger partial charge in [-0.2, -0.15) is 5.10 Å². The van der Waals surface area contributed by atoms with Crippen LogP contribution in [-0.2, 0) is 0 Å². The highest BCUT2D eigenvalue weighted by atomic mass is 19.1. The molecule has 1 aromatic heterocycles. The minimum atomic E-state index is 0.389. The van der Waals surface area contributed by atoms with E-state index in [9.17, 15) is 4.39 Å². The summed E-state index contributed by atoms with van der Waals surface area (Å²) in [7, 11) is 0. The molecular formula is C4H4FN2. The lowest BCUT2D eigenvalue weighted by molar-refractivity contribution is 0.521. The van der Waals surface area contributed by atoms with E-state index in [4.69, 9.17) is 0 Å². The van der Waals surface area contributed by atoms with Crippen LogP contribution in [0.3, 0.4) is 0 Å². The first kappa shape index (κ1) is 4.30. The zero-order chi connectivity index (χ0) is 5.11. The van der Waals surface area contributed by atoms with Crippen molar-refractivity contribution in [2.24, 2.45) is 0 Å². The summed E-state index contributed by atoms with van der Waals surface area (Å²) in [5.41, 5.74) is 0. The second kappa shape index (κ2) is 1.73. The molecule has 7 heavy (non-hydrogen) atoms. The van der Waals surface area contributed by atoms with Crippen LogP contribution in [0.2, 0.25) is 0 Å². The summed E-state index contributed by atoms with van der Waals surface area (Å²) in [5.74, 6) is 0. The first-order valence-electron chi connectivity index (χ1n) is 1.86. The molecule has 0 spiro atoms. The first-order valence-corrected chi connectivity index (χ1v) is 1.86. The third-order valence-corrected chi connectivity index (χ3v) is 0.625. The molecule has 0 amide bonds. The fourth-order valence-corrected chi connectivity index (χ4v) is 0.338. The van der Waals surface area contributed by atoms with Crippen molar-refractivity contribution in [2.75, 3.05) is 0 Å². The Morgan fingerprint density at radius 1 is 1.71 bits per heavy atom. The Balaban J connectivity index is 2.76. The van der Waals surface area contributed by atoms with Gasteiger partial charge in [0.2, 0.25) is 6.80 Å². The number of nitrogens with zero attached hydrogens (tertiary/aromatic N) is 2. The minimum absolute atomic E-state index is 0.389. The lowest BCUT2D eigenvalue weighted by atomic mass is 10.8. The van der Waals surface area contributed by atoms with E-state index in [1.165, 1.54) is 12.4 Å². The molecule has 0 aromatic carbocycles. The van der Waals surface area contributed by atoms with Gasteiger partial charge in [0.15, 0.2) is 0 Å². The summed E-state index contributed by atoms with van der Waals surface area (Å²) in [4.78, 5) is 0. The van der Waals surface area contributed by atoms with Crippen molar-refractivity contribution in [3.63, 3.8) is 0 Å². The molecule has 0 bridgehead atoms. The smallest absolute Gasteiger partial charge is 0.234 e. The van der Waals surface area contributed by atoms with Gasteiger partial charge in [-0.25, -0.2) is 9.07 Å². The van der Waals surface area contributed by atoms with Gasteiger partial charge in [-0.15, -0.1) is 0 Å². The molecule has 0 aliphatic carbocycles. The van der Waals surface area contributed by atoms with Crippen molar-refractivity contribution in [3.05, 3.63) is 25.3 Å². The summed E-state index contributed by atoms with van der Waals surface area (Å²) in [5, 5.41) is 3.52. The Labute approximate surface area is 40.6 Å². The zero-order valence-electron chi connectivity index (χ0n) is 3.58. The SMILES string of the molecule is F[CH]n1cccn1. The summed E-state index contributed by atoms with van der Waals surface area (Å²) in [6.07, 6.45) is 3.02. The second-order valence-electron chi connectivity index (χ2n) is 1.08. The average molecular weight is 99.1 g/mol. The molecule has 0 fully saturated rings. The van der Waals surface area contributed by atoms with E-state index in [1.54, 1.807) is 6.07 Å². The van der Waals surface area contributed by atoms with Crippen LogP contribution in [0.4, 0.5) is 4.39 Å². The van der Waals surface area contributed by atoms with Crippen LogP contribution in [0.25, 0.3) is 0 Å². The van der Waals surface area contributed by atoms with E-state index >= 15 is 0 Å². The van der Waals surface area contributed by atoms with E-state index in [0.29, 0.717) is 6.80 Å². The number of rotatable bonds is 1. The Morgan fingerprint density at radius 3 is 2.86 bits per heavy atom. The van der Waals surface area contributed by atoms with Gasteiger partial charge in [0.25, 0.3) is 0 Å².